The summed E-state index contributed by atoms with van der Waals surface area (Å²) in [7, 11) is 1.70. The van der Waals surface area contributed by atoms with Crippen molar-refractivity contribution in [3.05, 3.63) is 28.2 Å². The van der Waals surface area contributed by atoms with Crippen molar-refractivity contribution in [2.24, 2.45) is 11.8 Å². The lowest BCUT2D eigenvalue weighted by atomic mass is 10.0. The van der Waals surface area contributed by atoms with Crippen molar-refractivity contribution in [1.29, 1.82) is 0 Å². The fourth-order valence-corrected chi connectivity index (χ4v) is 3.23. The maximum Gasteiger partial charge on any atom is 0.133 e. The van der Waals surface area contributed by atoms with E-state index in [0.29, 0.717) is 6.04 Å². The van der Waals surface area contributed by atoms with Crippen molar-refractivity contribution in [3.63, 3.8) is 0 Å². The molecule has 3 heteroatoms. The van der Waals surface area contributed by atoms with Gasteiger partial charge >= 0.3 is 0 Å². The SMILES string of the molecule is CCNC(Cc1ccc(OC)c(Br)c1)C1CC1C. The van der Waals surface area contributed by atoms with Crippen LogP contribution in [-0.2, 0) is 6.42 Å². The molecular formula is C15H22BrNO. The van der Waals surface area contributed by atoms with Gasteiger partial charge in [-0.25, -0.2) is 0 Å². The first-order valence-corrected chi connectivity index (χ1v) is 7.50. The molecule has 1 saturated carbocycles. The van der Waals surface area contributed by atoms with Crippen LogP contribution >= 0.6 is 15.9 Å². The van der Waals surface area contributed by atoms with Crippen LogP contribution in [0.4, 0.5) is 0 Å². The molecule has 2 rings (SSSR count). The van der Waals surface area contributed by atoms with Crippen LogP contribution in [0, 0.1) is 11.8 Å². The maximum atomic E-state index is 5.27. The van der Waals surface area contributed by atoms with Crippen LogP contribution in [0.5, 0.6) is 5.75 Å². The molecule has 3 unspecified atom stereocenters. The van der Waals surface area contributed by atoms with E-state index in [1.807, 2.05) is 6.07 Å². The summed E-state index contributed by atoms with van der Waals surface area (Å²) >= 11 is 3.56. The number of likely N-dealkylation sites (N-methyl/N-ethyl adjacent to an activating group) is 1. The van der Waals surface area contributed by atoms with Crippen molar-refractivity contribution in [3.8, 4) is 5.75 Å². The van der Waals surface area contributed by atoms with Gasteiger partial charge < -0.3 is 10.1 Å². The standard InChI is InChI=1S/C15H22BrNO/c1-4-17-14(12-7-10(12)2)9-11-5-6-15(18-3)13(16)8-11/h5-6,8,10,12,14,17H,4,7,9H2,1-3H3. The molecule has 0 heterocycles. The second-order valence-corrected chi connectivity index (χ2v) is 6.07. The van der Waals surface area contributed by atoms with Gasteiger partial charge in [0.1, 0.15) is 5.75 Å². The summed E-state index contributed by atoms with van der Waals surface area (Å²) in [5.41, 5.74) is 1.37. The van der Waals surface area contributed by atoms with Crippen molar-refractivity contribution in [1.82, 2.24) is 5.32 Å². The first-order valence-electron chi connectivity index (χ1n) is 6.71. The van der Waals surface area contributed by atoms with E-state index in [4.69, 9.17) is 4.74 Å². The van der Waals surface area contributed by atoms with Crippen LogP contribution in [0.25, 0.3) is 0 Å². The first-order chi connectivity index (χ1) is 8.65. The largest absolute Gasteiger partial charge is 0.496 e. The molecule has 1 aromatic rings. The van der Waals surface area contributed by atoms with E-state index < -0.39 is 0 Å². The Morgan fingerprint density at radius 2 is 2.22 bits per heavy atom. The first kappa shape index (κ1) is 13.9. The third-order valence-corrected chi connectivity index (χ3v) is 4.45. The van der Waals surface area contributed by atoms with E-state index in [9.17, 15) is 0 Å². The molecule has 0 bridgehead atoms. The summed E-state index contributed by atoms with van der Waals surface area (Å²) in [6, 6.07) is 7.00. The average molecular weight is 312 g/mol. The highest BCUT2D eigenvalue weighted by Gasteiger charge is 2.38. The Morgan fingerprint density at radius 3 is 2.72 bits per heavy atom. The Bertz CT molecular complexity index is 407. The maximum absolute atomic E-state index is 5.27. The number of hydrogen-bond donors (Lipinski definition) is 1. The van der Waals surface area contributed by atoms with Crippen LogP contribution < -0.4 is 10.1 Å². The van der Waals surface area contributed by atoms with E-state index in [-0.39, 0.29) is 0 Å². The van der Waals surface area contributed by atoms with Crippen LogP contribution in [0.2, 0.25) is 0 Å². The third kappa shape index (κ3) is 3.27. The lowest BCUT2D eigenvalue weighted by Crippen LogP contribution is -2.33. The minimum Gasteiger partial charge on any atom is -0.496 e. The quantitative estimate of drug-likeness (QED) is 0.866. The molecule has 0 saturated heterocycles. The van der Waals surface area contributed by atoms with Crippen LogP contribution in [0.1, 0.15) is 25.8 Å². The van der Waals surface area contributed by atoms with Gasteiger partial charge in [-0.3, -0.25) is 0 Å². The zero-order valence-corrected chi connectivity index (χ0v) is 13.0. The number of ether oxygens (including phenoxy) is 1. The Kier molecular flexibility index (Phi) is 4.68. The van der Waals surface area contributed by atoms with Gasteiger partial charge in [0.05, 0.1) is 11.6 Å². The van der Waals surface area contributed by atoms with Crippen LogP contribution in [0.3, 0.4) is 0 Å². The molecule has 18 heavy (non-hydrogen) atoms. The molecule has 1 fully saturated rings. The number of hydrogen-bond acceptors (Lipinski definition) is 2. The molecule has 0 radical (unpaired) electrons. The number of rotatable bonds is 6. The highest BCUT2D eigenvalue weighted by molar-refractivity contribution is 9.10. The molecular weight excluding hydrogens is 290 g/mol. The summed E-state index contributed by atoms with van der Waals surface area (Å²) in [5.74, 6) is 2.64. The fourth-order valence-electron chi connectivity index (χ4n) is 2.64. The lowest BCUT2D eigenvalue weighted by molar-refractivity contribution is 0.411. The number of nitrogens with one attached hydrogen (secondary N) is 1. The normalized spacial score (nSPS) is 23.8. The predicted molar refractivity (Wildman–Crippen MR) is 79.1 cm³/mol. The molecule has 0 amide bonds. The van der Waals surface area contributed by atoms with Gasteiger partial charge in [0, 0.05) is 6.04 Å². The van der Waals surface area contributed by atoms with Gasteiger partial charge in [-0.15, -0.1) is 0 Å². The lowest BCUT2D eigenvalue weighted by Gasteiger charge is -2.18. The summed E-state index contributed by atoms with van der Waals surface area (Å²) < 4.78 is 6.31. The summed E-state index contributed by atoms with van der Waals surface area (Å²) in [6.07, 6.45) is 2.47. The predicted octanol–water partition coefficient (Wildman–Crippen LogP) is 3.63. The van der Waals surface area contributed by atoms with Crippen molar-refractivity contribution in [2.45, 2.75) is 32.7 Å². The highest BCUT2D eigenvalue weighted by Crippen LogP contribution is 2.41. The molecule has 0 aliphatic heterocycles. The number of methoxy groups -OCH3 is 1. The Morgan fingerprint density at radius 1 is 1.50 bits per heavy atom. The molecule has 1 aromatic carbocycles. The Hall–Kier alpha value is -0.540. The second kappa shape index (κ2) is 6.07. The van der Waals surface area contributed by atoms with E-state index in [1.54, 1.807) is 7.11 Å². The average Bonchev–Trinajstić information content (AvgIpc) is 3.06. The molecule has 0 spiro atoms. The van der Waals surface area contributed by atoms with E-state index in [1.165, 1.54) is 12.0 Å². The Balaban J connectivity index is 2.04. The number of benzene rings is 1. The van der Waals surface area contributed by atoms with Gasteiger partial charge in [0.15, 0.2) is 0 Å². The summed E-state index contributed by atoms with van der Waals surface area (Å²) in [5, 5.41) is 3.62. The van der Waals surface area contributed by atoms with E-state index >= 15 is 0 Å². The van der Waals surface area contributed by atoms with Crippen molar-refractivity contribution < 1.29 is 4.74 Å². The van der Waals surface area contributed by atoms with Crippen molar-refractivity contribution >= 4 is 15.9 Å². The van der Waals surface area contributed by atoms with Crippen LogP contribution in [-0.4, -0.2) is 19.7 Å². The molecule has 2 nitrogen and oxygen atoms in total. The monoisotopic (exact) mass is 311 g/mol. The smallest absolute Gasteiger partial charge is 0.133 e. The highest BCUT2D eigenvalue weighted by atomic mass is 79.9. The van der Waals surface area contributed by atoms with E-state index in [0.717, 1.165) is 35.0 Å². The zero-order chi connectivity index (χ0) is 13.1. The molecule has 3 atom stereocenters. The molecule has 1 aliphatic rings. The van der Waals surface area contributed by atoms with Gasteiger partial charge in [-0.2, -0.15) is 0 Å². The molecule has 1 N–H and O–H groups in total. The van der Waals surface area contributed by atoms with Gasteiger partial charge in [0.25, 0.3) is 0 Å². The molecule has 1 aliphatic carbocycles. The minimum absolute atomic E-state index is 0.616. The topological polar surface area (TPSA) is 21.3 Å². The van der Waals surface area contributed by atoms with Gasteiger partial charge in [-0.1, -0.05) is 19.9 Å². The third-order valence-electron chi connectivity index (χ3n) is 3.83. The zero-order valence-electron chi connectivity index (χ0n) is 11.4. The van der Waals surface area contributed by atoms with Crippen LogP contribution in [0.15, 0.2) is 22.7 Å². The molecule has 100 valence electrons. The van der Waals surface area contributed by atoms with Gasteiger partial charge in [-0.05, 0) is 64.8 Å². The summed E-state index contributed by atoms with van der Waals surface area (Å²) in [6.45, 7) is 5.58. The van der Waals surface area contributed by atoms with Crippen molar-refractivity contribution in [2.75, 3.05) is 13.7 Å². The minimum atomic E-state index is 0.616. The fraction of sp³-hybridized carbons (Fsp3) is 0.600. The van der Waals surface area contributed by atoms with E-state index in [2.05, 4.69) is 47.2 Å². The number of halogens is 1. The second-order valence-electron chi connectivity index (χ2n) is 5.21. The summed E-state index contributed by atoms with van der Waals surface area (Å²) in [4.78, 5) is 0. The Labute approximate surface area is 118 Å². The molecule has 0 aromatic heterocycles. The van der Waals surface area contributed by atoms with Gasteiger partial charge in [0.2, 0.25) is 0 Å².